The Hall–Kier alpha value is -0.240. The second-order valence-corrected chi connectivity index (χ2v) is 6.50. The Balaban J connectivity index is 2.05. The van der Waals surface area contributed by atoms with Crippen molar-refractivity contribution < 1.29 is 5.11 Å². The van der Waals surface area contributed by atoms with E-state index in [2.05, 4.69) is 6.92 Å². The Morgan fingerprint density at radius 2 is 1.83 bits per heavy atom. The summed E-state index contributed by atoms with van der Waals surface area (Å²) in [5.41, 5.74) is 1.12. The Kier molecular flexibility index (Phi) is 4.58. The van der Waals surface area contributed by atoms with E-state index in [1.807, 2.05) is 12.1 Å². The second kappa shape index (κ2) is 5.81. The molecule has 1 fully saturated rings. The highest BCUT2D eigenvalue weighted by atomic mass is 35.5. The second-order valence-electron chi connectivity index (χ2n) is 5.68. The van der Waals surface area contributed by atoms with Crippen LogP contribution in [0.15, 0.2) is 18.2 Å². The van der Waals surface area contributed by atoms with E-state index in [1.165, 1.54) is 19.3 Å². The van der Waals surface area contributed by atoms with Gasteiger partial charge in [0.15, 0.2) is 0 Å². The smallest absolute Gasteiger partial charge is 0.0634 e. The molecular weight excluding hydrogens is 267 g/mol. The first-order valence-electron chi connectivity index (χ1n) is 6.63. The molecule has 0 spiro atoms. The van der Waals surface area contributed by atoms with Crippen LogP contribution in [0.1, 0.15) is 44.6 Å². The molecule has 1 atom stereocenters. The Morgan fingerprint density at radius 1 is 1.17 bits per heavy atom. The summed E-state index contributed by atoms with van der Waals surface area (Å²) in [5, 5.41) is 11.6. The normalized spacial score (nSPS) is 20.7. The molecule has 0 radical (unpaired) electrons. The minimum Gasteiger partial charge on any atom is -0.392 e. The first-order chi connectivity index (χ1) is 8.51. The summed E-state index contributed by atoms with van der Waals surface area (Å²) < 4.78 is 0. The van der Waals surface area contributed by atoms with E-state index < -0.39 is 0 Å². The SMILES string of the molecule is CC1(C(O)Cc2ccc(Cl)c(Cl)c2)CCCCC1. The van der Waals surface area contributed by atoms with Crippen molar-refractivity contribution in [1.82, 2.24) is 0 Å². The maximum atomic E-state index is 10.5. The molecule has 0 heterocycles. The zero-order valence-electron chi connectivity index (χ0n) is 10.8. The lowest BCUT2D eigenvalue weighted by Crippen LogP contribution is -2.35. The Labute approximate surface area is 119 Å². The van der Waals surface area contributed by atoms with Gasteiger partial charge in [0.05, 0.1) is 16.1 Å². The zero-order valence-corrected chi connectivity index (χ0v) is 12.3. The highest BCUT2D eigenvalue weighted by Gasteiger charge is 2.34. The third-order valence-electron chi connectivity index (χ3n) is 4.21. The number of hydrogen-bond donors (Lipinski definition) is 1. The van der Waals surface area contributed by atoms with Gasteiger partial charge in [-0.15, -0.1) is 0 Å². The van der Waals surface area contributed by atoms with Crippen LogP contribution in [0.25, 0.3) is 0 Å². The predicted molar refractivity (Wildman–Crippen MR) is 77.4 cm³/mol. The van der Waals surface area contributed by atoms with Crippen LogP contribution in [0.4, 0.5) is 0 Å². The third-order valence-corrected chi connectivity index (χ3v) is 4.95. The summed E-state index contributed by atoms with van der Waals surface area (Å²) in [5.74, 6) is 0. The summed E-state index contributed by atoms with van der Waals surface area (Å²) in [6.07, 6.45) is 6.37. The van der Waals surface area contributed by atoms with Gasteiger partial charge >= 0.3 is 0 Å². The molecule has 3 heteroatoms. The van der Waals surface area contributed by atoms with Gasteiger partial charge in [0.25, 0.3) is 0 Å². The van der Waals surface area contributed by atoms with Crippen LogP contribution in [0.2, 0.25) is 10.0 Å². The van der Waals surface area contributed by atoms with Gasteiger partial charge in [0, 0.05) is 0 Å². The molecule has 1 aromatic carbocycles. The van der Waals surface area contributed by atoms with Gasteiger partial charge in [-0.1, -0.05) is 55.5 Å². The predicted octanol–water partition coefficient (Wildman–Crippen LogP) is 4.87. The molecule has 100 valence electrons. The Bertz CT molecular complexity index is 411. The van der Waals surface area contributed by atoms with E-state index in [9.17, 15) is 5.11 Å². The van der Waals surface area contributed by atoms with Gasteiger partial charge in [-0.25, -0.2) is 0 Å². The van der Waals surface area contributed by atoms with Crippen LogP contribution in [0, 0.1) is 5.41 Å². The molecule has 0 bridgehead atoms. The first kappa shape index (κ1) is 14.2. The molecule has 1 aliphatic rings. The van der Waals surface area contributed by atoms with Gasteiger partial charge in [-0.05, 0) is 42.4 Å². The van der Waals surface area contributed by atoms with E-state index in [0.29, 0.717) is 16.5 Å². The van der Waals surface area contributed by atoms with Crippen LogP contribution >= 0.6 is 23.2 Å². The summed E-state index contributed by atoms with van der Waals surface area (Å²) >= 11 is 11.9. The molecule has 1 aromatic rings. The number of rotatable bonds is 3. The molecule has 2 rings (SSSR count). The minimum absolute atomic E-state index is 0.0599. The van der Waals surface area contributed by atoms with Crippen LogP contribution in [0.5, 0.6) is 0 Å². The quantitative estimate of drug-likeness (QED) is 0.841. The first-order valence-corrected chi connectivity index (χ1v) is 7.39. The van der Waals surface area contributed by atoms with E-state index >= 15 is 0 Å². The van der Waals surface area contributed by atoms with Crippen LogP contribution < -0.4 is 0 Å². The van der Waals surface area contributed by atoms with Crippen molar-refractivity contribution in [2.75, 3.05) is 0 Å². The lowest BCUT2D eigenvalue weighted by atomic mass is 9.70. The van der Waals surface area contributed by atoms with Crippen molar-refractivity contribution in [3.63, 3.8) is 0 Å². The maximum Gasteiger partial charge on any atom is 0.0634 e. The van der Waals surface area contributed by atoms with Gasteiger partial charge in [0.2, 0.25) is 0 Å². The van der Waals surface area contributed by atoms with E-state index in [0.717, 1.165) is 18.4 Å². The van der Waals surface area contributed by atoms with Crippen molar-refractivity contribution in [1.29, 1.82) is 0 Å². The number of hydrogen-bond acceptors (Lipinski definition) is 1. The highest BCUT2D eigenvalue weighted by molar-refractivity contribution is 6.42. The average molecular weight is 287 g/mol. The monoisotopic (exact) mass is 286 g/mol. The summed E-state index contributed by atoms with van der Waals surface area (Å²) in [7, 11) is 0. The van der Waals surface area contributed by atoms with Crippen LogP contribution in [-0.4, -0.2) is 11.2 Å². The topological polar surface area (TPSA) is 20.2 Å². The van der Waals surface area contributed by atoms with Crippen LogP contribution in [-0.2, 0) is 6.42 Å². The molecule has 0 amide bonds. The van der Waals surface area contributed by atoms with Gasteiger partial charge < -0.3 is 5.11 Å². The lowest BCUT2D eigenvalue weighted by Gasteiger charge is -2.38. The summed E-state index contributed by atoms with van der Waals surface area (Å²) in [6, 6.07) is 5.61. The van der Waals surface area contributed by atoms with Gasteiger partial charge in [-0.2, -0.15) is 0 Å². The maximum absolute atomic E-state index is 10.5. The lowest BCUT2D eigenvalue weighted by molar-refractivity contribution is 0.0104. The zero-order chi connectivity index (χ0) is 13.2. The van der Waals surface area contributed by atoms with Crippen molar-refractivity contribution in [3.05, 3.63) is 33.8 Å². The standard InChI is InChI=1S/C15H20Cl2O/c1-15(7-3-2-4-8-15)14(18)10-11-5-6-12(16)13(17)9-11/h5-6,9,14,18H,2-4,7-8,10H2,1H3. The van der Waals surface area contributed by atoms with E-state index in [-0.39, 0.29) is 11.5 Å². The summed E-state index contributed by atoms with van der Waals surface area (Å²) in [6.45, 7) is 2.20. The molecule has 0 aliphatic heterocycles. The molecule has 0 aromatic heterocycles. The molecule has 1 saturated carbocycles. The number of aliphatic hydroxyl groups excluding tert-OH is 1. The van der Waals surface area contributed by atoms with Crippen molar-refractivity contribution in [3.8, 4) is 0 Å². The highest BCUT2D eigenvalue weighted by Crippen LogP contribution is 2.40. The molecule has 1 N–H and O–H groups in total. The molecule has 18 heavy (non-hydrogen) atoms. The van der Waals surface area contributed by atoms with Gasteiger partial charge in [-0.3, -0.25) is 0 Å². The average Bonchev–Trinajstić information content (AvgIpc) is 2.35. The van der Waals surface area contributed by atoms with E-state index in [1.54, 1.807) is 6.07 Å². The van der Waals surface area contributed by atoms with Crippen molar-refractivity contribution in [2.24, 2.45) is 5.41 Å². The van der Waals surface area contributed by atoms with E-state index in [4.69, 9.17) is 23.2 Å². The van der Waals surface area contributed by atoms with Crippen molar-refractivity contribution >= 4 is 23.2 Å². The van der Waals surface area contributed by atoms with Crippen LogP contribution in [0.3, 0.4) is 0 Å². The minimum atomic E-state index is -0.296. The fraction of sp³-hybridized carbons (Fsp3) is 0.600. The fourth-order valence-corrected chi connectivity index (χ4v) is 3.15. The summed E-state index contributed by atoms with van der Waals surface area (Å²) in [4.78, 5) is 0. The van der Waals surface area contributed by atoms with Crippen molar-refractivity contribution in [2.45, 2.75) is 51.6 Å². The molecule has 0 saturated heterocycles. The number of aliphatic hydroxyl groups is 1. The molecular formula is C15H20Cl2O. The number of halogens is 2. The number of benzene rings is 1. The fourth-order valence-electron chi connectivity index (χ4n) is 2.83. The molecule has 1 aliphatic carbocycles. The Morgan fingerprint density at radius 3 is 2.44 bits per heavy atom. The molecule has 1 nitrogen and oxygen atoms in total. The van der Waals surface area contributed by atoms with Gasteiger partial charge in [0.1, 0.15) is 0 Å². The third kappa shape index (κ3) is 3.20. The molecule has 1 unspecified atom stereocenters. The largest absolute Gasteiger partial charge is 0.392 e.